The predicted molar refractivity (Wildman–Crippen MR) is 62.6 cm³/mol. The minimum Gasteiger partial charge on any atom is -0.396 e. The summed E-state index contributed by atoms with van der Waals surface area (Å²) in [5.74, 6) is -0.483. The number of aliphatic hydroxyl groups is 1. The van der Waals surface area contributed by atoms with E-state index in [1.54, 1.807) is 0 Å². The zero-order chi connectivity index (χ0) is 14.2. The molecule has 0 aromatic rings. The fraction of sp³-hybridized carbons (Fsp3) is 1.00. The lowest BCUT2D eigenvalue weighted by Crippen LogP contribution is -2.30. The van der Waals surface area contributed by atoms with Crippen molar-refractivity contribution in [2.24, 2.45) is 0 Å². The van der Waals surface area contributed by atoms with Crippen LogP contribution in [0.2, 0.25) is 0 Å². The minimum absolute atomic E-state index is 0.0576. The van der Waals surface area contributed by atoms with Crippen LogP contribution in [0.1, 0.15) is 32.1 Å². The van der Waals surface area contributed by atoms with Gasteiger partial charge in [0, 0.05) is 26.6 Å². The SMILES string of the molecule is CN(CCCCCO)S(=O)(=O)CCCC(F)(F)F. The fourth-order valence-electron chi connectivity index (χ4n) is 1.37. The largest absolute Gasteiger partial charge is 0.396 e. The van der Waals surface area contributed by atoms with Gasteiger partial charge in [-0.1, -0.05) is 0 Å². The molecule has 0 atom stereocenters. The maximum absolute atomic E-state index is 11.9. The first kappa shape index (κ1) is 17.7. The van der Waals surface area contributed by atoms with Crippen molar-refractivity contribution in [1.29, 1.82) is 0 Å². The molecular formula is C10H20F3NO3S. The maximum Gasteiger partial charge on any atom is 0.389 e. The first-order chi connectivity index (χ1) is 8.19. The Morgan fingerprint density at radius 1 is 1.11 bits per heavy atom. The maximum atomic E-state index is 11.9. The van der Waals surface area contributed by atoms with Gasteiger partial charge in [-0.2, -0.15) is 13.2 Å². The van der Waals surface area contributed by atoms with E-state index in [0.29, 0.717) is 19.3 Å². The summed E-state index contributed by atoms with van der Waals surface area (Å²) in [7, 11) is -2.24. The Bertz CT molecular complexity index is 317. The second-order valence-electron chi connectivity index (χ2n) is 4.14. The summed E-state index contributed by atoms with van der Waals surface area (Å²) < 4.78 is 59.9. The molecule has 110 valence electrons. The van der Waals surface area contributed by atoms with Crippen LogP contribution in [0.15, 0.2) is 0 Å². The second-order valence-corrected chi connectivity index (χ2v) is 6.34. The summed E-state index contributed by atoms with van der Waals surface area (Å²) in [4.78, 5) is 0. The van der Waals surface area contributed by atoms with Crippen LogP contribution in [-0.4, -0.2) is 50.0 Å². The van der Waals surface area contributed by atoms with E-state index >= 15 is 0 Å². The highest BCUT2D eigenvalue weighted by Crippen LogP contribution is 2.21. The lowest BCUT2D eigenvalue weighted by atomic mass is 10.2. The molecule has 0 amide bonds. The Labute approximate surface area is 106 Å². The van der Waals surface area contributed by atoms with E-state index in [-0.39, 0.29) is 13.2 Å². The highest BCUT2D eigenvalue weighted by atomic mass is 32.2. The molecule has 0 unspecified atom stereocenters. The molecule has 0 aliphatic rings. The second kappa shape index (κ2) is 7.96. The number of nitrogens with zero attached hydrogens (tertiary/aromatic N) is 1. The number of aliphatic hydroxyl groups excluding tert-OH is 1. The summed E-state index contributed by atoms with van der Waals surface area (Å²) in [6.45, 7) is 0.330. The van der Waals surface area contributed by atoms with Crippen LogP contribution < -0.4 is 0 Å². The smallest absolute Gasteiger partial charge is 0.389 e. The quantitative estimate of drug-likeness (QED) is 0.658. The molecule has 0 aromatic carbocycles. The Morgan fingerprint density at radius 3 is 2.22 bits per heavy atom. The summed E-state index contributed by atoms with van der Waals surface area (Å²) in [5.41, 5.74) is 0. The van der Waals surface area contributed by atoms with Gasteiger partial charge in [-0.25, -0.2) is 12.7 Å². The van der Waals surface area contributed by atoms with E-state index in [1.807, 2.05) is 0 Å². The first-order valence-electron chi connectivity index (χ1n) is 5.80. The fourth-order valence-corrected chi connectivity index (χ4v) is 2.60. The average molecular weight is 291 g/mol. The number of unbranched alkanes of at least 4 members (excludes halogenated alkanes) is 2. The molecule has 0 fully saturated rings. The number of sulfonamides is 1. The molecule has 0 spiro atoms. The van der Waals surface area contributed by atoms with Crippen LogP contribution in [0.3, 0.4) is 0 Å². The lowest BCUT2D eigenvalue weighted by molar-refractivity contribution is -0.134. The van der Waals surface area contributed by atoms with Crippen molar-refractivity contribution in [1.82, 2.24) is 4.31 Å². The van der Waals surface area contributed by atoms with Crippen LogP contribution in [0, 0.1) is 0 Å². The Morgan fingerprint density at radius 2 is 1.72 bits per heavy atom. The molecule has 8 heteroatoms. The Balaban J connectivity index is 3.96. The van der Waals surface area contributed by atoms with Crippen LogP contribution in [-0.2, 0) is 10.0 Å². The molecule has 0 heterocycles. The molecule has 0 aliphatic heterocycles. The van der Waals surface area contributed by atoms with Crippen molar-refractivity contribution in [3.63, 3.8) is 0 Å². The van der Waals surface area contributed by atoms with E-state index in [1.165, 1.54) is 7.05 Å². The van der Waals surface area contributed by atoms with Crippen LogP contribution in [0.25, 0.3) is 0 Å². The molecule has 1 N–H and O–H groups in total. The van der Waals surface area contributed by atoms with Crippen LogP contribution in [0.4, 0.5) is 13.2 Å². The molecule has 0 saturated carbocycles. The molecule has 0 aromatic heterocycles. The van der Waals surface area contributed by atoms with E-state index in [0.717, 1.165) is 4.31 Å². The van der Waals surface area contributed by atoms with E-state index in [9.17, 15) is 21.6 Å². The van der Waals surface area contributed by atoms with Gasteiger partial charge in [-0.05, 0) is 25.7 Å². The van der Waals surface area contributed by atoms with Crippen molar-refractivity contribution in [3.05, 3.63) is 0 Å². The van der Waals surface area contributed by atoms with Gasteiger partial charge in [0.1, 0.15) is 0 Å². The van der Waals surface area contributed by atoms with Crippen molar-refractivity contribution in [2.45, 2.75) is 38.3 Å². The third-order valence-corrected chi connectivity index (χ3v) is 4.41. The van der Waals surface area contributed by atoms with Crippen molar-refractivity contribution in [2.75, 3.05) is 26.0 Å². The first-order valence-corrected chi connectivity index (χ1v) is 7.41. The van der Waals surface area contributed by atoms with Gasteiger partial charge in [0.2, 0.25) is 10.0 Å². The Kier molecular flexibility index (Phi) is 7.81. The molecule has 18 heavy (non-hydrogen) atoms. The summed E-state index contributed by atoms with van der Waals surface area (Å²) >= 11 is 0. The highest BCUT2D eigenvalue weighted by molar-refractivity contribution is 7.89. The molecule has 0 saturated heterocycles. The van der Waals surface area contributed by atoms with Gasteiger partial charge in [0.05, 0.1) is 5.75 Å². The topological polar surface area (TPSA) is 57.6 Å². The normalized spacial score (nSPS) is 13.2. The molecule has 0 radical (unpaired) electrons. The van der Waals surface area contributed by atoms with Crippen molar-refractivity contribution >= 4 is 10.0 Å². The predicted octanol–water partition coefficient (Wildman–Crippen LogP) is 1.75. The molecule has 0 bridgehead atoms. The summed E-state index contributed by atoms with van der Waals surface area (Å²) in [6.07, 6.45) is -3.91. The van der Waals surface area contributed by atoms with Gasteiger partial charge in [-0.15, -0.1) is 0 Å². The molecule has 0 aliphatic carbocycles. The molecule has 4 nitrogen and oxygen atoms in total. The van der Waals surface area contributed by atoms with Crippen molar-refractivity contribution in [3.8, 4) is 0 Å². The monoisotopic (exact) mass is 291 g/mol. The number of alkyl halides is 3. The standard InChI is InChI=1S/C10H20F3NO3S/c1-14(7-3-2-4-8-15)18(16,17)9-5-6-10(11,12)13/h15H,2-9H2,1H3. The number of hydrogen-bond acceptors (Lipinski definition) is 3. The van der Waals surface area contributed by atoms with E-state index in [2.05, 4.69) is 0 Å². The molecule has 0 rings (SSSR count). The van der Waals surface area contributed by atoms with Crippen molar-refractivity contribution < 1.29 is 26.7 Å². The third kappa shape index (κ3) is 8.71. The van der Waals surface area contributed by atoms with Gasteiger partial charge < -0.3 is 5.11 Å². The lowest BCUT2D eigenvalue weighted by Gasteiger charge is -2.17. The number of hydrogen-bond donors (Lipinski definition) is 1. The van der Waals surface area contributed by atoms with Crippen LogP contribution >= 0.6 is 0 Å². The Hall–Kier alpha value is -0.340. The van der Waals surface area contributed by atoms with Gasteiger partial charge in [-0.3, -0.25) is 0 Å². The van der Waals surface area contributed by atoms with Gasteiger partial charge in [0.15, 0.2) is 0 Å². The molecular weight excluding hydrogens is 271 g/mol. The summed E-state index contributed by atoms with van der Waals surface area (Å²) in [6, 6.07) is 0. The highest BCUT2D eigenvalue weighted by Gasteiger charge is 2.28. The van der Waals surface area contributed by atoms with E-state index < -0.39 is 34.8 Å². The zero-order valence-electron chi connectivity index (χ0n) is 10.4. The van der Waals surface area contributed by atoms with E-state index in [4.69, 9.17) is 5.11 Å². The third-order valence-electron chi connectivity index (χ3n) is 2.47. The average Bonchev–Trinajstić information content (AvgIpc) is 2.21. The van der Waals surface area contributed by atoms with Gasteiger partial charge >= 0.3 is 6.18 Å². The number of rotatable bonds is 9. The van der Waals surface area contributed by atoms with Crippen LogP contribution in [0.5, 0.6) is 0 Å². The summed E-state index contributed by atoms with van der Waals surface area (Å²) in [5, 5.41) is 8.55. The number of halogens is 3. The minimum atomic E-state index is -4.31. The van der Waals surface area contributed by atoms with Gasteiger partial charge in [0.25, 0.3) is 0 Å². The zero-order valence-corrected chi connectivity index (χ0v) is 11.2.